The van der Waals surface area contributed by atoms with E-state index >= 15 is 0 Å². The number of H-pyrrole nitrogens is 1. The molecule has 4 nitrogen and oxygen atoms in total. The van der Waals surface area contributed by atoms with E-state index in [0.29, 0.717) is 18.2 Å². The molecule has 124 valence electrons. The molecule has 0 bridgehead atoms. The number of nitrogens with zero attached hydrogens (tertiary/aromatic N) is 1. The highest BCUT2D eigenvalue weighted by Crippen LogP contribution is 2.23. The highest BCUT2D eigenvalue weighted by atomic mass is 35.5. The molecule has 0 aliphatic heterocycles. The molecule has 0 radical (unpaired) electrons. The van der Waals surface area contributed by atoms with E-state index < -0.39 is 0 Å². The number of carbonyl (C=O) groups is 1. The van der Waals surface area contributed by atoms with E-state index in [-0.39, 0.29) is 5.91 Å². The summed E-state index contributed by atoms with van der Waals surface area (Å²) in [5.41, 5.74) is 2.58. The minimum Gasteiger partial charge on any atom is -0.492 e. The van der Waals surface area contributed by atoms with Gasteiger partial charge in [0.2, 0.25) is 0 Å². The molecule has 0 atom stereocenters. The Balaban J connectivity index is 1.66. The highest BCUT2D eigenvalue weighted by molar-refractivity contribution is 6.30. The summed E-state index contributed by atoms with van der Waals surface area (Å²) < 4.78 is 5.66. The molecular weight excluding hydrogens is 324 g/mol. The number of nitrogens with one attached hydrogen (secondary N) is 1. The molecular formula is C19H19ClN2O2. The van der Waals surface area contributed by atoms with E-state index in [2.05, 4.69) is 4.98 Å². The fourth-order valence-electron chi connectivity index (χ4n) is 2.68. The first-order valence-electron chi connectivity index (χ1n) is 7.77. The summed E-state index contributed by atoms with van der Waals surface area (Å²) in [5, 5.41) is 1.62. The molecule has 0 aliphatic rings. The van der Waals surface area contributed by atoms with E-state index in [1.54, 1.807) is 24.1 Å². The van der Waals surface area contributed by atoms with E-state index in [9.17, 15) is 4.79 Å². The zero-order chi connectivity index (χ0) is 17.1. The lowest BCUT2D eigenvalue weighted by Crippen LogP contribution is -2.31. The summed E-state index contributed by atoms with van der Waals surface area (Å²) in [6, 6.07) is 15.0. The first-order chi connectivity index (χ1) is 11.6. The van der Waals surface area contributed by atoms with E-state index in [0.717, 1.165) is 27.9 Å². The van der Waals surface area contributed by atoms with Gasteiger partial charge in [0.25, 0.3) is 5.91 Å². The summed E-state index contributed by atoms with van der Waals surface area (Å²) in [5.74, 6) is 0.730. The van der Waals surface area contributed by atoms with Crippen molar-refractivity contribution in [2.75, 3.05) is 20.2 Å². The maximum atomic E-state index is 12.8. The molecule has 2 aromatic carbocycles. The Morgan fingerprint density at radius 2 is 1.88 bits per heavy atom. The molecule has 1 amide bonds. The van der Waals surface area contributed by atoms with Crippen molar-refractivity contribution >= 4 is 28.4 Å². The van der Waals surface area contributed by atoms with Gasteiger partial charge in [0.1, 0.15) is 12.4 Å². The van der Waals surface area contributed by atoms with Crippen molar-refractivity contribution in [2.24, 2.45) is 0 Å². The molecule has 0 spiro atoms. The average molecular weight is 343 g/mol. The molecule has 0 saturated carbocycles. The zero-order valence-electron chi connectivity index (χ0n) is 13.7. The Bertz CT molecular complexity index is 855. The van der Waals surface area contributed by atoms with Crippen LogP contribution in [0.4, 0.5) is 0 Å². The van der Waals surface area contributed by atoms with E-state index in [4.69, 9.17) is 16.3 Å². The Morgan fingerprint density at radius 1 is 1.17 bits per heavy atom. The van der Waals surface area contributed by atoms with Gasteiger partial charge in [0.15, 0.2) is 0 Å². The average Bonchev–Trinajstić information content (AvgIpc) is 2.91. The van der Waals surface area contributed by atoms with Crippen LogP contribution in [0, 0.1) is 6.92 Å². The number of rotatable bonds is 5. The number of ether oxygens (including phenoxy) is 1. The van der Waals surface area contributed by atoms with Crippen LogP contribution in [0.25, 0.3) is 10.9 Å². The van der Waals surface area contributed by atoms with E-state index in [1.807, 2.05) is 43.3 Å². The molecule has 3 rings (SSSR count). The van der Waals surface area contributed by atoms with Gasteiger partial charge in [-0.2, -0.15) is 0 Å². The Labute approximate surface area is 146 Å². The number of carbonyl (C=O) groups excluding carboxylic acids is 1. The lowest BCUT2D eigenvalue weighted by Gasteiger charge is -2.18. The van der Waals surface area contributed by atoms with Crippen LogP contribution in [0.5, 0.6) is 5.75 Å². The number of aryl methyl sites for hydroxylation is 1. The van der Waals surface area contributed by atoms with Crippen molar-refractivity contribution in [1.29, 1.82) is 0 Å². The predicted octanol–water partition coefficient (Wildman–Crippen LogP) is 4.28. The minimum absolute atomic E-state index is 0.00958. The van der Waals surface area contributed by atoms with Crippen molar-refractivity contribution in [3.05, 3.63) is 64.8 Å². The molecule has 0 unspecified atom stereocenters. The minimum atomic E-state index is -0.00958. The number of amides is 1. The van der Waals surface area contributed by atoms with Crippen molar-refractivity contribution in [2.45, 2.75) is 6.92 Å². The number of likely N-dealkylation sites (N-methyl/N-ethyl adjacent to an activating group) is 1. The Morgan fingerprint density at radius 3 is 2.62 bits per heavy atom. The summed E-state index contributed by atoms with van der Waals surface area (Å²) in [4.78, 5) is 17.7. The smallest absolute Gasteiger partial charge is 0.256 e. The monoisotopic (exact) mass is 342 g/mol. The molecule has 5 heteroatoms. The second-order valence-corrected chi connectivity index (χ2v) is 6.14. The van der Waals surface area contributed by atoms with Gasteiger partial charge >= 0.3 is 0 Å². The van der Waals surface area contributed by atoms with Crippen LogP contribution in [0.15, 0.2) is 48.5 Å². The number of aromatic amines is 1. The zero-order valence-corrected chi connectivity index (χ0v) is 14.4. The number of fused-ring (bicyclic) bond motifs is 1. The van der Waals surface area contributed by atoms with Crippen LogP contribution in [0.3, 0.4) is 0 Å². The fraction of sp³-hybridized carbons (Fsp3) is 0.211. The van der Waals surface area contributed by atoms with Crippen molar-refractivity contribution in [3.63, 3.8) is 0 Å². The highest BCUT2D eigenvalue weighted by Gasteiger charge is 2.19. The normalized spacial score (nSPS) is 10.8. The third kappa shape index (κ3) is 3.39. The quantitative estimate of drug-likeness (QED) is 0.752. The number of halogens is 1. The third-order valence-corrected chi connectivity index (χ3v) is 4.22. The number of hydrogen-bond donors (Lipinski definition) is 1. The Kier molecular flexibility index (Phi) is 4.76. The van der Waals surface area contributed by atoms with Crippen LogP contribution in [-0.4, -0.2) is 36.0 Å². The Hall–Kier alpha value is -2.46. The summed E-state index contributed by atoms with van der Waals surface area (Å²) in [6.45, 7) is 2.84. The van der Waals surface area contributed by atoms with Gasteiger partial charge in [-0.3, -0.25) is 4.79 Å². The SMILES string of the molecule is Cc1[nH]c2ccccc2c1C(=O)N(C)CCOc1ccc(Cl)cc1. The van der Waals surface area contributed by atoms with Gasteiger partial charge in [-0.1, -0.05) is 29.8 Å². The van der Waals surface area contributed by atoms with E-state index in [1.165, 1.54) is 0 Å². The summed E-state index contributed by atoms with van der Waals surface area (Å²) in [7, 11) is 1.79. The number of benzene rings is 2. The third-order valence-electron chi connectivity index (χ3n) is 3.96. The molecule has 3 aromatic rings. The molecule has 0 fully saturated rings. The molecule has 1 aromatic heterocycles. The van der Waals surface area contributed by atoms with Crippen LogP contribution in [-0.2, 0) is 0 Å². The first kappa shape index (κ1) is 16.4. The van der Waals surface area contributed by atoms with Gasteiger partial charge in [-0.15, -0.1) is 0 Å². The number of hydrogen-bond acceptors (Lipinski definition) is 2. The van der Waals surface area contributed by atoms with Crippen molar-refractivity contribution in [1.82, 2.24) is 9.88 Å². The maximum Gasteiger partial charge on any atom is 0.256 e. The molecule has 1 heterocycles. The lowest BCUT2D eigenvalue weighted by molar-refractivity contribution is 0.0775. The van der Waals surface area contributed by atoms with Gasteiger partial charge in [0.05, 0.1) is 12.1 Å². The molecule has 1 N–H and O–H groups in total. The maximum absolute atomic E-state index is 12.8. The van der Waals surface area contributed by atoms with Crippen LogP contribution < -0.4 is 4.74 Å². The van der Waals surface area contributed by atoms with Crippen molar-refractivity contribution < 1.29 is 9.53 Å². The largest absolute Gasteiger partial charge is 0.492 e. The first-order valence-corrected chi connectivity index (χ1v) is 8.15. The second-order valence-electron chi connectivity index (χ2n) is 5.70. The molecule has 0 saturated heterocycles. The molecule has 0 aliphatic carbocycles. The van der Waals surface area contributed by atoms with Crippen LogP contribution in [0.1, 0.15) is 16.1 Å². The van der Waals surface area contributed by atoms with Gasteiger partial charge in [-0.25, -0.2) is 0 Å². The van der Waals surface area contributed by atoms with Gasteiger partial charge < -0.3 is 14.6 Å². The fourth-order valence-corrected chi connectivity index (χ4v) is 2.80. The lowest BCUT2D eigenvalue weighted by atomic mass is 10.1. The predicted molar refractivity (Wildman–Crippen MR) is 96.9 cm³/mol. The van der Waals surface area contributed by atoms with Crippen LogP contribution in [0.2, 0.25) is 5.02 Å². The summed E-state index contributed by atoms with van der Waals surface area (Å²) in [6.07, 6.45) is 0. The standard InChI is InChI=1S/C19H19ClN2O2/c1-13-18(16-5-3-4-6-17(16)21-13)19(23)22(2)11-12-24-15-9-7-14(20)8-10-15/h3-10,21H,11-12H2,1-2H3. The van der Waals surface area contributed by atoms with Crippen molar-refractivity contribution in [3.8, 4) is 5.75 Å². The van der Waals surface area contributed by atoms with Gasteiger partial charge in [-0.05, 0) is 37.3 Å². The molecule has 24 heavy (non-hydrogen) atoms. The number of para-hydroxylation sites is 1. The topological polar surface area (TPSA) is 45.3 Å². The van der Waals surface area contributed by atoms with Crippen LogP contribution >= 0.6 is 11.6 Å². The van der Waals surface area contributed by atoms with Gasteiger partial charge in [0, 0.05) is 28.7 Å². The summed E-state index contributed by atoms with van der Waals surface area (Å²) >= 11 is 5.85. The number of aromatic nitrogens is 1. The second kappa shape index (κ2) is 6.97.